The molecule has 4 rings (SSSR count). The first kappa shape index (κ1) is 17.1. The smallest absolute Gasteiger partial charge is 0.318 e. The molecule has 3 heterocycles. The maximum absolute atomic E-state index is 13.0. The summed E-state index contributed by atoms with van der Waals surface area (Å²) in [6, 6.07) is 10.7. The third-order valence-corrected chi connectivity index (χ3v) is 5.73. The van der Waals surface area contributed by atoms with Gasteiger partial charge in [-0.1, -0.05) is 30.3 Å². The van der Waals surface area contributed by atoms with Gasteiger partial charge in [-0.3, -0.25) is 4.68 Å². The average Bonchev–Trinajstić information content (AvgIpc) is 3.26. The van der Waals surface area contributed by atoms with Crippen LogP contribution in [0.15, 0.2) is 42.7 Å². The second-order valence-corrected chi connectivity index (χ2v) is 7.38. The van der Waals surface area contributed by atoms with E-state index in [2.05, 4.69) is 34.7 Å². The van der Waals surface area contributed by atoms with Gasteiger partial charge in [0.2, 0.25) is 0 Å². The van der Waals surface area contributed by atoms with E-state index in [-0.39, 0.29) is 18.1 Å². The van der Waals surface area contributed by atoms with Crippen LogP contribution in [0, 0.1) is 5.92 Å². The van der Waals surface area contributed by atoms with Crippen molar-refractivity contribution in [2.24, 2.45) is 13.0 Å². The van der Waals surface area contributed by atoms with Crippen LogP contribution in [0.4, 0.5) is 4.79 Å². The van der Waals surface area contributed by atoms with Crippen LogP contribution in [0.3, 0.4) is 0 Å². The van der Waals surface area contributed by atoms with Crippen molar-refractivity contribution in [2.75, 3.05) is 19.8 Å². The van der Waals surface area contributed by atoms with E-state index < -0.39 is 0 Å². The monoisotopic (exact) mass is 354 g/mol. The quantitative estimate of drug-likeness (QED) is 0.922. The second kappa shape index (κ2) is 7.11. The van der Waals surface area contributed by atoms with E-state index in [1.165, 1.54) is 5.56 Å². The van der Waals surface area contributed by atoms with Gasteiger partial charge in [-0.25, -0.2) is 4.79 Å². The lowest BCUT2D eigenvalue weighted by Gasteiger charge is -2.33. The van der Waals surface area contributed by atoms with E-state index in [9.17, 15) is 4.79 Å². The molecule has 6 heteroatoms. The number of nitrogens with zero attached hydrogens (tertiary/aromatic N) is 3. The Morgan fingerprint density at radius 2 is 2.15 bits per heavy atom. The molecule has 1 N–H and O–H groups in total. The van der Waals surface area contributed by atoms with Gasteiger partial charge in [-0.15, -0.1) is 0 Å². The summed E-state index contributed by atoms with van der Waals surface area (Å²) in [6.07, 6.45) is 4.65. The van der Waals surface area contributed by atoms with Gasteiger partial charge >= 0.3 is 6.03 Å². The molecule has 138 valence electrons. The molecule has 0 saturated carbocycles. The van der Waals surface area contributed by atoms with Gasteiger partial charge in [-0.05, 0) is 18.9 Å². The molecule has 2 fully saturated rings. The van der Waals surface area contributed by atoms with Gasteiger partial charge in [0.05, 0.1) is 18.8 Å². The summed E-state index contributed by atoms with van der Waals surface area (Å²) >= 11 is 0. The fourth-order valence-electron chi connectivity index (χ4n) is 4.30. The number of hydrogen-bond acceptors (Lipinski definition) is 3. The minimum absolute atomic E-state index is 0.0108. The predicted molar refractivity (Wildman–Crippen MR) is 98.8 cm³/mol. The van der Waals surface area contributed by atoms with Crippen molar-refractivity contribution < 1.29 is 9.53 Å². The molecule has 6 nitrogen and oxygen atoms in total. The third kappa shape index (κ3) is 3.21. The number of carbonyl (C=O) groups is 1. The topological polar surface area (TPSA) is 59.4 Å². The molecule has 4 atom stereocenters. The first-order valence-electron chi connectivity index (χ1n) is 9.32. The Balaban J connectivity index is 1.51. The zero-order valence-corrected chi connectivity index (χ0v) is 15.3. The van der Waals surface area contributed by atoms with Gasteiger partial charge in [-0.2, -0.15) is 5.10 Å². The number of likely N-dealkylation sites (tertiary alicyclic amines) is 1. The fraction of sp³-hybridized carbons (Fsp3) is 0.500. The van der Waals surface area contributed by atoms with Crippen LogP contribution in [0.1, 0.15) is 36.4 Å². The Morgan fingerprint density at radius 3 is 2.88 bits per heavy atom. The first-order valence-corrected chi connectivity index (χ1v) is 9.32. The molecular formula is C20H26N4O2. The van der Waals surface area contributed by atoms with Crippen molar-refractivity contribution >= 4 is 6.03 Å². The van der Waals surface area contributed by atoms with E-state index in [4.69, 9.17) is 4.74 Å². The lowest BCUT2D eigenvalue weighted by atomic mass is 9.84. The molecule has 26 heavy (non-hydrogen) atoms. The van der Waals surface area contributed by atoms with Crippen molar-refractivity contribution in [3.63, 3.8) is 0 Å². The van der Waals surface area contributed by atoms with Crippen LogP contribution in [0.2, 0.25) is 0 Å². The number of aromatic nitrogens is 2. The number of urea groups is 1. The Morgan fingerprint density at radius 1 is 1.35 bits per heavy atom. The minimum atomic E-state index is -0.0646. The van der Waals surface area contributed by atoms with Crippen LogP contribution in [0.5, 0.6) is 0 Å². The van der Waals surface area contributed by atoms with E-state index in [1.54, 1.807) is 10.9 Å². The summed E-state index contributed by atoms with van der Waals surface area (Å²) < 4.78 is 7.50. The standard InChI is InChI=1S/C20H26N4O2/c1-14(16-10-21-23(2)11-16)22-20(25)24-12-17(15-6-4-3-5-7-15)18-13-26-9-8-19(18)24/h3-7,10-11,14,17-19H,8-9,12-13H2,1-2H3,(H,22,25). The van der Waals surface area contributed by atoms with Crippen molar-refractivity contribution in [3.8, 4) is 0 Å². The Hall–Kier alpha value is -2.34. The number of ether oxygens (including phenoxy) is 1. The van der Waals surface area contributed by atoms with E-state index in [1.807, 2.05) is 31.1 Å². The van der Waals surface area contributed by atoms with Crippen molar-refractivity contribution in [2.45, 2.75) is 31.3 Å². The number of nitrogens with one attached hydrogen (secondary N) is 1. The molecule has 1 aromatic heterocycles. The minimum Gasteiger partial charge on any atom is -0.381 e. The van der Waals surface area contributed by atoms with Crippen LogP contribution in [-0.4, -0.2) is 46.5 Å². The van der Waals surface area contributed by atoms with E-state index >= 15 is 0 Å². The lowest BCUT2D eigenvalue weighted by molar-refractivity contribution is 0.0260. The van der Waals surface area contributed by atoms with Crippen LogP contribution >= 0.6 is 0 Å². The van der Waals surface area contributed by atoms with Gasteiger partial charge in [0, 0.05) is 49.8 Å². The molecule has 1 aromatic carbocycles. The normalized spacial score (nSPS) is 26.4. The van der Waals surface area contributed by atoms with E-state index in [0.29, 0.717) is 11.8 Å². The summed E-state index contributed by atoms with van der Waals surface area (Å²) in [7, 11) is 1.88. The summed E-state index contributed by atoms with van der Waals surface area (Å²) in [4.78, 5) is 15.0. The Bertz CT molecular complexity index is 760. The number of amides is 2. The molecule has 0 spiro atoms. The van der Waals surface area contributed by atoms with Crippen LogP contribution in [0.25, 0.3) is 0 Å². The lowest BCUT2D eigenvalue weighted by Crippen LogP contribution is -2.47. The fourth-order valence-corrected chi connectivity index (χ4v) is 4.30. The highest BCUT2D eigenvalue weighted by atomic mass is 16.5. The zero-order chi connectivity index (χ0) is 18.1. The zero-order valence-electron chi connectivity index (χ0n) is 15.3. The number of hydrogen-bond donors (Lipinski definition) is 1. The molecule has 4 unspecified atom stereocenters. The Kier molecular flexibility index (Phi) is 4.68. The van der Waals surface area contributed by atoms with Gasteiger partial charge < -0.3 is 15.0 Å². The molecule has 0 aliphatic carbocycles. The second-order valence-electron chi connectivity index (χ2n) is 7.38. The summed E-state index contributed by atoms with van der Waals surface area (Å²) in [5.74, 6) is 0.701. The number of fused-ring (bicyclic) bond motifs is 1. The van der Waals surface area contributed by atoms with Crippen molar-refractivity contribution in [3.05, 3.63) is 53.9 Å². The van der Waals surface area contributed by atoms with Crippen molar-refractivity contribution in [1.29, 1.82) is 0 Å². The molecule has 2 saturated heterocycles. The highest BCUT2D eigenvalue weighted by molar-refractivity contribution is 5.75. The molecule has 0 radical (unpaired) electrons. The predicted octanol–water partition coefficient (Wildman–Crippen LogP) is 2.70. The van der Waals surface area contributed by atoms with E-state index in [0.717, 1.165) is 31.7 Å². The maximum atomic E-state index is 13.0. The number of carbonyl (C=O) groups excluding carboxylic acids is 1. The number of rotatable bonds is 3. The largest absolute Gasteiger partial charge is 0.381 e. The molecule has 0 bridgehead atoms. The maximum Gasteiger partial charge on any atom is 0.318 e. The number of benzene rings is 1. The molecule has 2 aliphatic heterocycles. The Labute approximate surface area is 154 Å². The molecule has 2 aliphatic rings. The SMILES string of the molecule is CC(NC(=O)N1CC(c2ccccc2)C2COCCC21)c1cnn(C)c1. The van der Waals surface area contributed by atoms with Gasteiger partial charge in [0.1, 0.15) is 0 Å². The highest BCUT2D eigenvalue weighted by Crippen LogP contribution is 2.40. The molecule has 2 amide bonds. The third-order valence-electron chi connectivity index (χ3n) is 5.73. The molecular weight excluding hydrogens is 328 g/mol. The highest BCUT2D eigenvalue weighted by Gasteiger charge is 2.46. The average molecular weight is 354 g/mol. The summed E-state index contributed by atoms with van der Waals surface area (Å²) in [5.41, 5.74) is 2.31. The first-order chi connectivity index (χ1) is 12.6. The van der Waals surface area contributed by atoms with Crippen LogP contribution in [-0.2, 0) is 11.8 Å². The van der Waals surface area contributed by atoms with Gasteiger partial charge in [0.25, 0.3) is 0 Å². The molecule has 2 aromatic rings. The summed E-state index contributed by atoms with van der Waals surface area (Å²) in [5, 5.41) is 7.34. The number of aryl methyl sites for hydroxylation is 1. The van der Waals surface area contributed by atoms with Crippen molar-refractivity contribution in [1.82, 2.24) is 20.0 Å². The summed E-state index contributed by atoms with van der Waals surface area (Å²) in [6.45, 7) is 4.20. The van der Waals surface area contributed by atoms with Crippen LogP contribution < -0.4 is 5.32 Å². The van der Waals surface area contributed by atoms with Gasteiger partial charge in [0.15, 0.2) is 0 Å².